The fourth-order valence-electron chi connectivity index (χ4n) is 5.59. The van der Waals surface area contributed by atoms with Crippen LogP contribution in [0.15, 0.2) is 34.9 Å². The fourth-order valence-corrected chi connectivity index (χ4v) is 5.59. The molecule has 6 rings (SSSR count). The number of nitrogens with zero attached hydrogens (tertiary/aromatic N) is 4. The summed E-state index contributed by atoms with van der Waals surface area (Å²) in [6.45, 7) is 7.18. The van der Waals surface area contributed by atoms with Gasteiger partial charge in [-0.3, -0.25) is 4.90 Å². The summed E-state index contributed by atoms with van der Waals surface area (Å²) in [6.07, 6.45) is 8.69. The van der Waals surface area contributed by atoms with Crippen LogP contribution in [0.5, 0.6) is 0 Å². The van der Waals surface area contributed by atoms with Crippen LogP contribution in [-0.2, 0) is 13.0 Å². The zero-order chi connectivity index (χ0) is 19.5. The molecule has 0 amide bonds. The van der Waals surface area contributed by atoms with Crippen LogP contribution < -0.4 is 0 Å². The van der Waals surface area contributed by atoms with E-state index in [0.29, 0.717) is 5.92 Å². The second-order valence-corrected chi connectivity index (χ2v) is 9.39. The molecule has 5 heteroatoms. The SMILES string of the molecule is c1ccc(CN2CCC(CCCc3noc(C4CN5CCC4CC5)n3)CC2)cc1. The van der Waals surface area contributed by atoms with Gasteiger partial charge in [0.1, 0.15) is 0 Å². The van der Waals surface area contributed by atoms with Crippen LogP contribution in [0.2, 0.25) is 0 Å². The van der Waals surface area contributed by atoms with Crippen molar-refractivity contribution in [3.8, 4) is 0 Å². The molecule has 5 nitrogen and oxygen atoms in total. The monoisotopic (exact) mass is 394 g/mol. The summed E-state index contributed by atoms with van der Waals surface area (Å²) in [4.78, 5) is 9.94. The maximum absolute atomic E-state index is 5.68. The van der Waals surface area contributed by atoms with Crippen molar-refractivity contribution in [1.82, 2.24) is 19.9 Å². The lowest BCUT2D eigenvalue weighted by atomic mass is 9.79. The zero-order valence-corrected chi connectivity index (χ0v) is 17.5. The number of fused-ring (bicyclic) bond motifs is 3. The van der Waals surface area contributed by atoms with Crippen molar-refractivity contribution in [1.29, 1.82) is 0 Å². The van der Waals surface area contributed by atoms with Crippen molar-refractivity contribution in [2.45, 2.75) is 57.4 Å². The minimum Gasteiger partial charge on any atom is -0.339 e. The van der Waals surface area contributed by atoms with Crippen molar-refractivity contribution in [3.63, 3.8) is 0 Å². The number of hydrogen-bond acceptors (Lipinski definition) is 5. The van der Waals surface area contributed by atoms with Crippen LogP contribution in [0.25, 0.3) is 0 Å². The van der Waals surface area contributed by atoms with Crippen LogP contribution in [0.3, 0.4) is 0 Å². The Balaban J connectivity index is 1.03. The average molecular weight is 395 g/mol. The lowest BCUT2D eigenvalue weighted by Crippen LogP contribution is -2.46. The van der Waals surface area contributed by atoms with Gasteiger partial charge in [0.25, 0.3) is 0 Å². The predicted octanol–water partition coefficient (Wildman–Crippen LogP) is 4.11. The van der Waals surface area contributed by atoms with Gasteiger partial charge in [0.05, 0.1) is 5.92 Å². The van der Waals surface area contributed by atoms with Crippen LogP contribution in [-0.4, -0.2) is 52.7 Å². The molecule has 29 heavy (non-hydrogen) atoms. The quantitative estimate of drug-likeness (QED) is 0.707. The van der Waals surface area contributed by atoms with Crippen molar-refractivity contribution >= 4 is 0 Å². The molecule has 4 aliphatic heterocycles. The molecule has 5 heterocycles. The number of likely N-dealkylation sites (tertiary alicyclic amines) is 1. The van der Waals surface area contributed by atoms with Gasteiger partial charge in [0.15, 0.2) is 5.82 Å². The molecule has 0 radical (unpaired) electrons. The third kappa shape index (κ3) is 4.72. The van der Waals surface area contributed by atoms with Gasteiger partial charge in [0.2, 0.25) is 5.89 Å². The Kier molecular flexibility index (Phi) is 5.95. The molecule has 0 aliphatic carbocycles. The Hall–Kier alpha value is -1.72. The third-order valence-electron chi connectivity index (χ3n) is 7.43. The van der Waals surface area contributed by atoms with Gasteiger partial charge in [-0.1, -0.05) is 35.5 Å². The Bertz CT molecular complexity index is 760. The molecule has 156 valence electrons. The maximum Gasteiger partial charge on any atom is 0.231 e. The Labute approximate surface area is 174 Å². The van der Waals surface area contributed by atoms with Gasteiger partial charge in [-0.05, 0) is 82.1 Å². The minimum absolute atomic E-state index is 0.479. The number of aryl methyl sites for hydroxylation is 1. The van der Waals surface area contributed by atoms with E-state index in [1.807, 2.05) is 0 Å². The van der Waals surface area contributed by atoms with Gasteiger partial charge in [-0.2, -0.15) is 4.98 Å². The molecule has 0 saturated carbocycles. The molecule has 0 N–H and O–H groups in total. The smallest absolute Gasteiger partial charge is 0.231 e. The predicted molar refractivity (Wildman–Crippen MR) is 114 cm³/mol. The standard InChI is InChI=1S/C24H34N4O/c1-2-5-20(6-3-1)17-27-13-9-19(10-14-27)7-4-8-23-25-24(29-26-23)22-18-28-15-11-21(22)12-16-28/h1-3,5-6,19,21-22H,4,7-18H2. The Morgan fingerprint density at radius 3 is 2.48 bits per heavy atom. The molecular formula is C24H34N4O. The number of rotatable bonds is 7. The second-order valence-electron chi connectivity index (χ2n) is 9.39. The second kappa shape index (κ2) is 8.97. The van der Waals surface area contributed by atoms with Gasteiger partial charge >= 0.3 is 0 Å². The van der Waals surface area contributed by atoms with E-state index < -0.39 is 0 Å². The highest BCUT2D eigenvalue weighted by atomic mass is 16.5. The highest BCUT2D eigenvalue weighted by molar-refractivity contribution is 5.14. The van der Waals surface area contributed by atoms with E-state index in [1.165, 1.54) is 70.3 Å². The first-order valence-corrected chi connectivity index (χ1v) is 11.6. The number of benzene rings is 1. The van der Waals surface area contributed by atoms with E-state index in [9.17, 15) is 0 Å². The van der Waals surface area contributed by atoms with Crippen LogP contribution >= 0.6 is 0 Å². The lowest BCUT2D eigenvalue weighted by molar-refractivity contribution is 0.0727. The number of piperidine rings is 4. The molecular weight excluding hydrogens is 360 g/mol. The molecule has 0 spiro atoms. The molecule has 1 atom stereocenters. The first-order valence-electron chi connectivity index (χ1n) is 11.6. The van der Waals surface area contributed by atoms with Gasteiger partial charge in [-0.15, -0.1) is 0 Å². The van der Waals surface area contributed by atoms with E-state index in [0.717, 1.165) is 43.1 Å². The fraction of sp³-hybridized carbons (Fsp3) is 0.667. The Morgan fingerprint density at radius 1 is 0.966 bits per heavy atom. The molecule has 2 aromatic rings. The summed E-state index contributed by atoms with van der Waals surface area (Å²) in [5, 5.41) is 4.30. The molecule has 1 unspecified atom stereocenters. The molecule has 1 aromatic carbocycles. The molecule has 4 aliphatic rings. The van der Waals surface area contributed by atoms with Gasteiger partial charge < -0.3 is 9.42 Å². The highest BCUT2D eigenvalue weighted by Crippen LogP contribution is 2.38. The van der Waals surface area contributed by atoms with Crippen LogP contribution in [0.1, 0.15) is 61.7 Å². The minimum atomic E-state index is 0.479. The first-order chi connectivity index (χ1) is 14.3. The zero-order valence-electron chi connectivity index (χ0n) is 17.5. The summed E-state index contributed by atoms with van der Waals surface area (Å²) < 4.78 is 5.68. The molecule has 1 aromatic heterocycles. The van der Waals surface area contributed by atoms with E-state index in [-0.39, 0.29) is 0 Å². The van der Waals surface area contributed by atoms with Crippen molar-refractivity contribution < 1.29 is 4.52 Å². The third-order valence-corrected chi connectivity index (χ3v) is 7.43. The summed E-state index contributed by atoms with van der Waals surface area (Å²) in [6, 6.07) is 10.9. The number of hydrogen-bond donors (Lipinski definition) is 0. The first kappa shape index (κ1) is 19.3. The van der Waals surface area contributed by atoms with Crippen LogP contribution in [0.4, 0.5) is 0 Å². The van der Waals surface area contributed by atoms with E-state index in [2.05, 4.69) is 45.3 Å². The van der Waals surface area contributed by atoms with Crippen molar-refractivity contribution in [2.75, 3.05) is 32.7 Å². The van der Waals surface area contributed by atoms with E-state index >= 15 is 0 Å². The average Bonchev–Trinajstić information content (AvgIpc) is 3.25. The largest absolute Gasteiger partial charge is 0.339 e. The molecule has 4 saturated heterocycles. The summed E-state index contributed by atoms with van der Waals surface area (Å²) in [7, 11) is 0. The molecule has 2 bridgehead atoms. The summed E-state index contributed by atoms with van der Waals surface area (Å²) in [5.74, 6) is 3.93. The summed E-state index contributed by atoms with van der Waals surface area (Å²) in [5.41, 5.74) is 1.43. The summed E-state index contributed by atoms with van der Waals surface area (Å²) >= 11 is 0. The van der Waals surface area contributed by atoms with Crippen molar-refractivity contribution in [3.05, 3.63) is 47.6 Å². The van der Waals surface area contributed by atoms with Crippen LogP contribution in [0, 0.1) is 11.8 Å². The van der Waals surface area contributed by atoms with E-state index in [4.69, 9.17) is 9.51 Å². The maximum atomic E-state index is 5.68. The molecule has 4 fully saturated rings. The van der Waals surface area contributed by atoms with Gasteiger partial charge in [0, 0.05) is 19.5 Å². The lowest BCUT2D eigenvalue weighted by Gasteiger charge is -2.43. The topological polar surface area (TPSA) is 45.4 Å². The number of aromatic nitrogens is 2. The van der Waals surface area contributed by atoms with Crippen molar-refractivity contribution in [2.24, 2.45) is 11.8 Å². The van der Waals surface area contributed by atoms with E-state index in [1.54, 1.807) is 0 Å². The highest BCUT2D eigenvalue weighted by Gasteiger charge is 2.38. The normalized spacial score (nSPS) is 28.1. The van der Waals surface area contributed by atoms with Gasteiger partial charge in [-0.25, -0.2) is 0 Å². The Morgan fingerprint density at radius 2 is 1.76 bits per heavy atom.